The zero-order valence-corrected chi connectivity index (χ0v) is 11.1. The van der Waals surface area contributed by atoms with Gasteiger partial charge in [-0.25, -0.2) is 4.39 Å². The molecule has 108 valence electrons. The minimum atomic E-state index is -0.646. The molecule has 1 aromatic rings. The molecule has 20 heavy (non-hydrogen) atoms. The maximum Gasteiger partial charge on any atom is 0.247 e. The molecule has 1 saturated heterocycles. The van der Waals surface area contributed by atoms with Crippen molar-refractivity contribution in [3.05, 3.63) is 29.8 Å². The third-order valence-electron chi connectivity index (χ3n) is 3.47. The molecule has 1 atom stereocenters. The van der Waals surface area contributed by atoms with Crippen molar-refractivity contribution in [1.29, 1.82) is 0 Å². The molecule has 1 heterocycles. The number of alkyl halides is 1. The number of amides is 2. The first-order valence-electron chi connectivity index (χ1n) is 6.61. The van der Waals surface area contributed by atoms with Gasteiger partial charge >= 0.3 is 0 Å². The second kappa shape index (κ2) is 6.47. The van der Waals surface area contributed by atoms with E-state index < -0.39 is 12.7 Å². The average Bonchev–Trinajstić information content (AvgIpc) is 2.96. The maximum atomic E-state index is 12.8. The minimum Gasteiger partial charge on any atom is -0.330 e. The van der Waals surface area contributed by atoms with Crippen LogP contribution in [0.25, 0.3) is 0 Å². The predicted octanol–water partition coefficient (Wildman–Crippen LogP) is 1.04. The van der Waals surface area contributed by atoms with Gasteiger partial charge in [-0.3, -0.25) is 9.59 Å². The van der Waals surface area contributed by atoms with Crippen LogP contribution in [0.1, 0.15) is 18.4 Å². The summed E-state index contributed by atoms with van der Waals surface area (Å²) in [5.41, 5.74) is 6.22. The van der Waals surface area contributed by atoms with Crippen molar-refractivity contribution in [2.75, 3.05) is 18.4 Å². The summed E-state index contributed by atoms with van der Waals surface area (Å²) in [6.45, 7) is -0.212. The van der Waals surface area contributed by atoms with E-state index >= 15 is 0 Å². The summed E-state index contributed by atoms with van der Waals surface area (Å²) in [6.07, 6.45) is 1.38. The van der Waals surface area contributed by atoms with Crippen molar-refractivity contribution in [2.45, 2.75) is 25.6 Å². The molecule has 1 fully saturated rings. The number of halogens is 1. The van der Waals surface area contributed by atoms with Gasteiger partial charge in [0.2, 0.25) is 11.8 Å². The Morgan fingerprint density at radius 3 is 2.85 bits per heavy atom. The highest BCUT2D eigenvalue weighted by Crippen LogP contribution is 2.21. The van der Waals surface area contributed by atoms with E-state index in [4.69, 9.17) is 5.73 Å². The molecule has 2 rings (SSSR count). The lowest BCUT2D eigenvalue weighted by atomic mass is 10.1. The van der Waals surface area contributed by atoms with Crippen molar-refractivity contribution >= 4 is 17.5 Å². The molecule has 1 aliphatic rings. The number of nitrogens with two attached hydrogens (primary N) is 1. The molecular weight excluding hydrogens is 261 g/mol. The Hall–Kier alpha value is -1.95. The Bertz CT molecular complexity index is 507. The lowest BCUT2D eigenvalue weighted by Gasteiger charge is -2.23. The number of rotatable bonds is 4. The van der Waals surface area contributed by atoms with Crippen LogP contribution in [0.2, 0.25) is 0 Å². The van der Waals surface area contributed by atoms with Gasteiger partial charge in [0.25, 0.3) is 0 Å². The molecule has 3 N–H and O–H groups in total. The number of hydrogen-bond donors (Lipinski definition) is 2. The third kappa shape index (κ3) is 2.96. The van der Waals surface area contributed by atoms with Crippen LogP contribution in [0, 0.1) is 0 Å². The van der Waals surface area contributed by atoms with Crippen LogP contribution in [0.3, 0.4) is 0 Å². The van der Waals surface area contributed by atoms with Crippen LogP contribution < -0.4 is 11.1 Å². The number of para-hydroxylation sites is 1. The fraction of sp³-hybridized carbons (Fsp3) is 0.429. The molecule has 0 unspecified atom stereocenters. The van der Waals surface area contributed by atoms with E-state index in [1.807, 2.05) is 0 Å². The fourth-order valence-electron chi connectivity index (χ4n) is 2.43. The maximum absolute atomic E-state index is 12.8. The van der Waals surface area contributed by atoms with Crippen LogP contribution in [0.4, 0.5) is 10.1 Å². The summed E-state index contributed by atoms with van der Waals surface area (Å²) in [4.78, 5) is 25.4. The summed E-state index contributed by atoms with van der Waals surface area (Å²) >= 11 is 0. The van der Waals surface area contributed by atoms with Gasteiger partial charge in [-0.1, -0.05) is 18.2 Å². The van der Waals surface area contributed by atoms with Crippen molar-refractivity contribution in [1.82, 2.24) is 4.90 Å². The predicted molar refractivity (Wildman–Crippen MR) is 73.7 cm³/mol. The van der Waals surface area contributed by atoms with E-state index in [1.54, 1.807) is 24.3 Å². The van der Waals surface area contributed by atoms with E-state index in [2.05, 4.69) is 5.32 Å². The number of nitrogens with zero attached hydrogens (tertiary/aromatic N) is 1. The Kier molecular flexibility index (Phi) is 4.68. The van der Waals surface area contributed by atoms with E-state index in [1.165, 1.54) is 4.90 Å². The second-order valence-electron chi connectivity index (χ2n) is 4.73. The second-order valence-corrected chi connectivity index (χ2v) is 4.73. The highest BCUT2D eigenvalue weighted by atomic mass is 19.1. The van der Waals surface area contributed by atoms with Crippen LogP contribution in [0.5, 0.6) is 0 Å². The molecule has 5 nitrogen and oxygen atoms in total. The first-order valence-corrected chi connectivity index (χ1v) is 6.61. The lowest BCUT2D eigenvalue weighted by Crippen LogP contribution is -2.45. The van der Waals surface area contributed by atoms with E-state index in [0.717, 1.165) is 6.42 Å². The molecule has 0 aromatic heterocycles. The highest BCUT2D eigenvalue weighted by Gasteiger charge is 2.33. The molecule has 6 heteroatoms. The smallest absolute Gasteiger partial charge is 0.247 e. The standard InChI is InChI=1S/C14H18FN3O2/c15-8-10-4-1-2-5-11(10)17-14(20)12-6-3-7-18(12)13(19)9-16/h1-2,4-5,12H,3,6-9,16H2,(H,17,20)/t12-/m0/s1. The van der Waals surface area contributed by atoms with Crippen LogP contribution >= 0.6 is 0 Å². The number of carbonyl (C=O) groups is 2. The third-order valence-corrected chi connectivity index (χ3v) is 3.47. The molecule has 1 aromatic carbocycles. The van der Waals surface area contributed by atoms with Gasteiger partial charge in [0, 0.05) is 17.8 Å². The molecule has 0 spiro atoms. The summed E-state index contributed by atoms with van der Waals surface area (Å²) in [6, 6.07) is 6.19. The minimum absolute atomic E-state index is 0.106. The van der Waals surface area contributed by atoms with Gasteiger partial charge in [0.15, 0.2) is 0 Å². The largest absolute Gasteiger partial charge is 0.330 e. The van der Waals surface area contributed by atoms with Gasteiger partial charge in [-0.2, -0.15) is 0 Å². The van der Waals surface area contributed by atoms with Crippen molar-refractivity contribution in [3.63, 3.8) is 0 Å². The summed E-state index contributed by atoms with van der Waals surface area (Å²) in [7, 11) is 0. The SMILES string of the molecule is NCC(=O)N1CCC[C@H]1C(=O)Nc1ccccc1CF. The van der Waals surface area contributed by atoms with E-state index in [9.17, 15) is 14.0 Å². The first kappa shape index (κ1) is 14.5. The zero-order chi connectivity index (χ0) is 14.5. The Morgan fingerprint density at radius 1 is 1.40 bits per heavy atom. The Labute approximate surface area is 116 Å². The average molecular weight is 279 g/mol. The quantitative estimate of drug-likeness (QED) is 0.865. The van der Waals surface area contributed by atoms with Gasteiger partial charge in [0.05, 0.1) is 6.54 Å². The number of anilines is 1. The van der Waals surface area contributed by atoms with E-state index in [-0.39, 0.29) is 18.4 Å². The zero-order valence-electron chi connectivity index (χ0n) is 11.1. The molecule has 1 aliphatic heterocycles. The van der Waals surface area contributed by atoms with Crippen molar-refractivity contribution < 1.29 is 14.0 Å². The number of hydrogen-bond acceptors (Lipinski definition) is 3. The summed E-state index contributed by atoms with van der Waals surface area (Å²) in [5.74, 6) is -0.522. The molecule has 0 aliphatic carbocycles. The summed E-state index contributed by atoms with van der Waals surface area (Å²) < 4.78 is 12.8. The fourth-order valence-corrected chi connectivity index (χ4v) is 2.43. The number of carbonyl (C=O) groups excluding carboxylic acids is 2. The first-order chi connectivity index (χ1) is 9.67. The lowest BCUT2D eigenvalue weighted by molar-refractivity contribution is -0.135. The van der Waals surface area contributed by atoms with Crippen molar-refractivity contribution in [3.8, 4) is 0 Å². The number of benzene rings is 1. The van der Waals surface area contributed by atoms with Crippen molar-refractivity contribution in [2.24, 2.45) is 5.73 Å². The van der Waals surface area contributed by atoms with Gasteiger partial charge < -0.3 is 16.0 Å². The molecule has 0 radical (unpaired) electrons. The highest BCUT2D eigenvalue weighted by molar-refractivity contribution is 5.98. The Balaban J connectivity index is 2.09. The molecule has 0 bridgehead atoms. The van der Waals surface area contributed by atoms with Crippen LogP contribution in [0.15, 0.2) is 24.3 Å². The summed E-state index contributed by atoms with van der Waals surface area (Å²) in [5, 5.41) is 2.70. The monoisotopic (exact) mass is 279 g/mol. The van der Waals surface area contributed by atoms with Crippen LogP contribution in [-0.4, -0.2) is 35.8 Å². The van der Waals surface area contributed by atoms with E-state index in [0.29, 0.717) is 24.2 Å². The number of nitrogens with one attached hydrogen (secondary N) is 1. The Morgan fingerprint density at radius 2 is 2.15 bits per heavy atom. The molecular formula is C14H18FN3O2. The topological polar surface area (TPSA) is 75.4 Å². The van der Waals surface area contributed by atoms with Gasteiger partial charge in [-0.05, 0) is 18.9 Å². The molecule has 0 saturated carbocycles. The number of likely N-dealkylation sites (tertiary alicyclic amines) is 1. The van der Waals surface area contributed by atoms with Gasteiger partial charge in [0.1, 0.15) is 12.7 Å². The van der Waals surface area contributed by atoms with Crippen LogP contribution in [-0.2, 0) is 16.3 Å². The molecule has 2 amide bonds. The normalized spacial score (nSPS) is 18.1. The van der Waals surface area contributed by atoms with Gasteiger partial charge in [-0.15, -0.1) is 0 Å².